The normalized spacial score (nSPS) is 25.5. The first-order valence-electron chi connectivity index (χ1n) is 13.2. The van der Waals surface area contributed by atoms with Crippen LogP contribution in [0.1, 0.15) is 54.4 Å². The number of aromatic carboxylic acids is 1. The standard InChI is InChI=1S/C31H34N2O4/c1-36-26-14-27(29(30(34)35)28(15-26)37-2)33-25-9-7-24(8-10-25)32-23-5-3-22(4-6-23)31-16-19-11-20(17-31)13-21(12-19)18-31/h3-10,14-15,19-21,32-33H,11-13,16-18H2,1-2H3,(H,34,35). The zero-order valence-electron chi connectivity index (χ0n) is 21.4. The van der Waals surface area contributed by atoms with E-state index in [-0.39, 0.29) is 11.3 Å². The average Bonchev–Trinajstić information content (AvgIpc) is 2.88. The maximum Gasteiger partial charge on any atom is 0.341 e. The minimum absolute atomic E-state index is 0.0598. The fourth-order valence-electron chi connectivity index (χ4n) is 7.52. The van der Waals surface area contributed by atoms with E-state index in [1.165, 1.54) is 58.3 Å². The number of carboxylic acids is 1. The SMILES string of the molecule is COc1cc(Nc2ccc(Nc3ccc(C45CC6CC(CC(C6)C4)C5)cc3)cc2)c(C(=O)O)c(OC)c1. The molecule has 6 heteroatoms. The summed E-state index contributed by atoms with van der Waals surface area (Å²) in [5.74, 6) is 2.52. The first kappa shape index (κ1) is 23.7. The summed E-state index contributed by atoms with van der Waals surface area (Å²) in [7, 11) is 2.98. The first-order valence-corrected chi connectivity index (χ1v) is 13.2. The summed E-state index contributed by atoms with van der Waals surface area (Å²) in [6.07, 6.45) is 8.53. The molecule has 0 heterocycles. The third-order valence-electron chi connectivity index (χ3n) is 8.73. The third-order valence-corrected chi connectivity index (χ3v) is 8.73. The lowest BCUT2D eigenvalue weighted by atomic mass is 9.48. The van der Waals surface area contributed by atoms with Crippen molar-refractivity contribution in [2.45, 2.75) is 43.9 Å². The van der Waals surface area contributed by atoms with E-state index >= 15 is 0 Å². The van der Waals surface area contributed by atoms with Gasteiger partial charge in [-0.25, -0.2) is 4.79 Å². The van der Waals surface area contributed by atoms with Crippen LogP contribution in [0.2, 0.25) is 0 Å². The number of nitrogens with one attached hydrogen (secondary N) is 2. The van der Waals surface area contributed by atoms with Crippen molar-refractivity contribution in [3.8, 4) is 11.5 Å². The van der Waals surface area contributed by atoms with Gasteiger partial charge in [-0.2, -0.15) is 0 Å². The second kappa shape index (κ2) is 9.33. The summed E-state index contributed by atoms with van der Waals surface area (Å²) < 4.78 is 10.6. The van der Waals surface area contributed by atoms with Crippen molar-refractivity contribution < 1.29 is 19.4 Å². The molecule has 6 nitrogen and oxygen atoms in total. The minimum atomic E-state index is -1.07. The molecule has 4 aliphatic rings. The van der Waals surface area contributed by atoms with Gasteiger partial charge < -0.3 is 25.2 Å². The summed E-state index contributed by atoms with van der Waals surface area (Å²) in [5.41, 5.74) is 5.21. The number of hydrogen-bond donors (Lipinski definition) is 3. The Morgan fingerprint density at radius 1 is 0.784 bits per heavy atom. The van der Waals surface area contributed by atoms with Crippen molar-refractivity contribution >= 4 is 28.7 Å². The molecule has 0 aromatic heterocycles. The summed E-state index contributed by atoms with van der Waals surface area (Å²) in [5, 5.41) is 16.4. The molecule has 3 aromatic rings. The van der Waals surface area contributed by atoms with Gasteiger partial charge in [0.1, 0.15) is 17.1 Å². The monoisotopic (exact) mass is 498 g/mol. The van der Waals surface area contributed by atoms with Gasteiger partial charge in [0.2, 0.25) is 0 Å². The van der Waals surface area contributed by atoms with Crippen molar-refractivity contribution in [3.05, 3.63) is 71.8 Å². The number of rotatable bonds is 8. The van der Waals surface area contributed by atoms with Crippen molar-refractivity contribution in [2.24, 2.45) is 17.8 Å². The number of benzene rings is 3. The largest absolute Gasteiger partial charge is 0.497 e. The van der Waals surface area contributed by atoms with Crippen molar-refractivity contribution in [1.82, 2.24) is 0 Å². The molecule has 37 heavy (non-hydrogen) atoms. The van der Waals surface area contributed by atoms with Crippen LogP contribution < -0.4 is 20.1 Å². The molecule has 0 unspecified atom stereocenters. The van der Waals surface area contributed by atoms with E-state index in [1.54, 1.807) is 12.1 Å². The molecule has 0 spiro atoms. The molecular weight excluding hydrogens is 464 g/mol. The molecule has 0 atom stereocenters. The molecule has 192 valence electrons. The van der Waals surface area contributed by atoms with Crippen molar-refractivity contribution in [3.63, 3.8) is 0 Å². The number of carboxylic acid groups (broad SMARTS) is 1. The highest BCUT2D eigenvalue weighted by Crippen LogP contribution is 2.60. The Labute approximate surface area is 218 Å². The van der Waals surface area contributed by atoms with Gasteiger partial charge in [-0.15, -0.1) is 0 Å². The Hall–Kier alpha value is -3.67. The Bertz CT molecular complexity index is 1260. The zero-order valence-corrected chi connectivity index (χ0v) is 21.4. The summed E-state index contributed by atoms with van der Waals surface area (Å²) in [4.78, 5) is 11.9. The maximum atomic E-state index is 11.9. The smallest absolute Gasteiger partial charge is 0.341 e. The van der Waals surface area contributed by atoms with Crippen LogP contribution >= 0.6 is 0 Å². The van der Waals surface area contributed by atoms with Gasteiger partial charge in [0.05, 0.1) is 19.9 Å². The van der Waals surface area contributed by atoms with E-state index in [0.29, 0.717) is 16.9 Å². The van der Waals surface area contributed by atoms with Crippen LogP contribution in [0, 0.1) is 17.8 Å². The topological polar surface area (TPSA) is 79.8 Å². The summed E-state index contributed by atoms with van der Waals surface area (Å²) in [6.45, 7) is 0. The number of ether oxygens (including phenoxy) is 2. The Kier molecular flexibility index (Phi) is 5.98. The molecule has 0 amide bonds. The van der Waals surface area contributed by atoms with E-state index in [9.17, 15) is 9.90 Å². The van der Waals surface area contributed by atoms with Gasteiger partial charge >= 0.3 is 5.97 Å². The number of methoxy groups -OCH3 is 2. The fourth-order valence-corrected chi connectivity index (χ4v) is 7.52. The van der Waals surface area contributed by atoms with Gasteiger partial charge in [0.15, 0.2) is 0 Å². The molecule has 7 rings (SSSR count). The van der Waals surface area contributed by atoms with E-state index in [0.717, 1.165) is 34.8 Å². The van der Waals surface area contributed by atoms with Crippen LogP contribution in [-0.2, 0) is 5.41 Å². The predicted molar refractivity (Wildman–Crippen MR) is 146 cm³/mol. The zero-order chi connectivity index (χ0) is 25.6. The lowest BCUT2D eigenvalue weighted by Crippen LogP contribution is -2.48. The fraction of sp³-hybridized carbons (Fsp3) is 0.387. The third kappa shape index (κ3) is 4.50. The highest BCUT2D eigenvalue weighted by Gasteiger charge is 2.51. The number of hydrogen-bond acceptors (Lipinski definition) is 5. The number of anilines is 4. The Morgan fingerprint density at radius 3 is 1.78 bits per heavy atom. The van der Waals surface area contributed by atoms with Crippen LogP contribution in [0.15, 0.2) is 60.7 Å². The van der Waals surface area contributed by atoms with Crippen LogP contribution in [0.25, 0.3) is 0 Å². The molecule has 0 saturated heterocycles. The Morgan fingerprint density at radius 2 is 1.30 bits per heavy atom. The summed E-state index contributed by atoms with van der Waals surface area (Å²) in [6, 6.07) is 20.1. The second-order valence-corrected chi connectivity index (χ2v) is 11.2. The van der Waals surface area contributed by atoms with Crippen molar-refractivity contribution in [1.29, 1.82) is 0 Å². The van der Waals surface area contributed by atoms with Gasteiger partial charge in [-0.05, 0) is 104 Å². The van der Waals surface area contributed by atoms with Crippen LogP contribution in [0.5, 0.6) is 11.5 Å². The van der Waals surface area contributed by atoms with E-state index < -0.39 is 5.97 Å². The first-order chi connectivity index (χ1) is 17.9. The van der Waals surface area contributed by atoms with Crippen LogP contribution in [-0.4, -0.2) is 25.3 Å². The molecule has 4 saturated carbocycles. The predicted octanol–water partition coefficient (Wildman–Crippen LogP) is 7.36. The van der Waals surface area contributed by atoms with E-state index in [4.69, 9.17) is 9.47 Å². The van der Waals surface area contributed by atoms with Gasteiger partial charge in [0.25, 0.3) is 0 Å². The second-order valence-electron chi connectivity index (χ2n) is 11.2. The lowest BCUT2D eigenvalue weighted by Gasteiger charge is -2.57. The van der Waals surface area contributed by atoms with Gasteiger partial charge in [-0.3, -0.25) is 0 Å². The molecular formula is C31H34N2O4. The van der Waals surface area contributed by atoms with Crippen molar-refractivity contribution in [2.75, 3.05) is 24.9 Å². The van der Waals surface area contributed by atoms with Gasteiger partial charge in [0, 0.05) is 29.2 Å². The highest BCUT2D eigenvalue weighted by molar-refractivity contribution is 5.98. The van der Waals surface area contributed by atoms with E-state index in [1.807, 2.05) is 24.3 Å². The maximum absolute atomic E-state index is 11.9. The molecule has 4 bridgehead atoms. The Balaban J connectivity index is 1.16. The van der Waals surface area contributed by atoms with E-state index in [2.05, 4.69) is 34.9 Å². The van der Waals surface area contributed by atoms with Crippen LogP contribution in [0.3, 0.4) is 0 Å². The molecule has 3 N–H and O–H groups in total. The molecule has 4 aliphatic carbocycles. The summed E-state index contributed by atoms with van der Waals surface area (Å²) >= 11 is 0. The molecule has 3 aromatic carbocycles. The molecule has 4 fully saturated rings. The number of carbonyl (C=O) groups is 1. The lowest BCUT2D eigenvalue weighted by molar-refractivity contribution is -0.00518. The van der Waals surface area contributed by atoms with Crippen LogP contribution in [0.4, 0.5) is 22.7 Å². The average molecular weight is 499 g/mol. The molecule has 0 radical (unpaired) electrons. The molecule has 0 aliphatic heterocycles. The van der Waals surface area contributed by atoms with Gasteiger partial charge in [-0.1, -0.05) is 12.1 Å². The quantitative estimate of drug-likeness (QED) is 0.301. The minimum Gasteiger partial charge on any atom is -0.497 e. The highest BCUT2D eigenvalue weighted by atomic mass is 16.5.